The summed E-state index contributed by atoms with van der Waals surface area (Å²) in [7, 11) is 0. The zero-order valence-corrected chi connectivity index (χ0v) is 7.87. The van der Waals surface area contributed by atoms with E-state index in [0.29, 0.717) is 6.42 Å². The van der Waals surface area contributed by atoms with E-state index in [-0.39, 0.29) is 11.3 Å². The van der Waals surface area contributed by atoms with Crippen molar-refractivity contribution in [2.24, 2.45) is 0 Å². The molecule has 0 bridgehead atoms. The predicted molar refractivity (Wildman–Crippen MR) is 48.0 cm³/mol. The van der Waals surface area contributed by atoms with E-state index in [1.807, 2.05) is 5.41 Å². The molecule has 0 aromatic heterocycles. The number of carboxylic acids is 1. The van der Waals surface area contributed by atoms with E-state index in [4.69, 9.17) is 5.11 Å². The van der Waals surface area contributed by atoms with Crippen LogP contribution in [0.4, 0.5) is 0 Å². The number of amides is 1. The van der Waals surface area contributed by atoms with Gasteiger partial charge in [0.2, 0.25) is 5.91 Å². The van der Waals surface area contributed by atoms with Crippen molar-refractivity contribution in [3.63, 3.8) is 0 Å². The molecule has 0 aromatic carbocycles. The number of thioether (sulfide) groups is 1. The molecule has 2 rings (SSSR count). The molecule has 1 saturated heterocycles. The molecule has 0 saturated carbocycles. The maximum atomic E-state index is 11.1. The molecule has 2 atom stereocenters. The lowest BCUT2D eigenvalue weighted by Gasteiger charge is -2.45. The Hall–Kier alpha value is -0.970. The molecule has 1 fully saturated rings. The highest BCUT2D eigenvalue weighted by Gasteiger charge is 2.46. The van der Waals surface area contributed by atoms with Crippen molar-refractivity contribution in [1.82, 2.24) is 4.90 Å². The number of hydrogen-bond acceptors (Lipinski definition) is 3. The summed E-state index contributed by atoms with van der Waals surface area (Å²) >= 11 is 1.53. The van der Waals surface area contributed by atoms with Gasteiger partial charge in [0.1, 0.15) is 0 Å². The first kappa shape index (κ1) is 8.62. The van der Waals surface area contributed by atoms with Crippen molar-refractivity contribution in [3.05, 3.63) is 11.0 Å². The molecule has 13 heavy (non-hydrogen) atoms. The second kappa shape index (κ2) is 2.77. The van der Waals surface area contributed by atoms with Crippen molar-refractivity contribution in [1.29, 1.82) is 0 Å². The molecule has 1 N–H and O–H groups in total. The Morgan fingerprint density at radius 2 is 2.46 bits per heavy atom. The molecule has 1 amide bonds. The van der Waals surface area contributed by atoms with Crippen LogP contribution in [0.25, 0.3) is 0 Å². The highest BCUT2D eigenvalue weighted by molar-refractivity contribution is 8.02. The van der Waals surface area contributed by atoms with E-state index in [9.17, 15) is 9.59 Å². The van der Waals surface area contributed by atoms with Crippen LogP contribution in [0.5, 0.6) is 0 Å². The first-order valence-electron chi connectivity index (χ1n) is 3.97. The van der Waals surface area contributed by atoms with E-state index in [1.54, 1.807) is 6.92 Å². The lowest BCUT2D eigenvalue weighted by atomic mass is 10.0. The summed E-state index contributed by atoms with van der Waals surface area (Å²) in [6.45, 7) is 1.74. The zero-order chi connectivity index (χ0) is 9.59. The molecule has 2 heterocycles. The van der Waals surface area contributed by atoms with Crippen LogP contribution in [0.2, 0.25) is 0 Å². The number of carbonyl (C=O) groups is 2. The van der Waals surface area contributed by atoms with Gasteiger partial charge in [-0.15, -0.1) is 11.8 Å². The number of carbonyl (C=O) groups excluding carboxylic acids is 1. The quantitative estimate of drug-likeness (QED) is 0.630. The maximum absolute atomic E-state index is 11.1. The molecule has 2 aliphatic rings. The Bertz CT molecular complexity index is 313. The van der Waals surface area contributed by atoms with Gasteiger partial charge in [-0.3, -0.25) is 4.79 Å². The van der Waals surface area contributed by atoms with Gasteiger partial charge in [-0.25, -0.2) is 4.79 Å². The third-order valence-corrected chi connectivity index (χ3v) is 3.52. The molecule has 1 unspecified atom stereocenters. The summed E-state index contributed by atoms with van der Waals surface area (Å²) < 4.78 is 0. The van der Waals surface area contributed by atoms with Crippen LogP contribution in [-0.4, -0.2) is 33.3 Å². The fourth-order valence-corrected chi connectivity index (χ4v) is 2.72. The second-order valence-corrected chi connectivity index (χ2v) is 4.25. The van der Waals surface area contributed by atoms with Gasteiger partial charge in [0, 0.05) is 0 Å². The van der Waals surface area contributed by atoms with Crippen molar-refractivity contribution >= 4 is 23.6 Å². The minimum atomic E-state index is -0.938. The van der Waals surface area contributed by atoms with Gasteiger partial charge in [0.05, 0.1) is 11.8 Å². The molecule has 5 heteroatoms. The van der Waals surface area contributed by atoms with Gasteiger partial charge in [-0.2, -0.15) is 0 Å². The maximum Gasteiger partial charge on any atom is 0.330 e. The highest BCUT2D eigenvalue weighted by atomic mass is 32.2. The summed E-state index contributed by atoms with van der Waals surface area (Å²) in [5.41, 5.74) is 0.738. The average molecular weight is 199 g/mol. The van der Waals surface area contributed by atoms with E-state index in [0.717, 1.165) is 5.57 Å². The summed E-state index contributed by atoms with van der Waals surface area (Å²) in [6.07, 6.45) is 0.470. The summed E-state index contributed by atoms with van der Waals surface area (Å²) in [4.78, 5) is 23.5. The zero-order valence-electron chi connectivity index (χ0n) is 7.06. The first-order valence-corrected chi connectivity index (χ1v) is 4.91. The second-order valence-electron chi connectivity index (χ2n) is 3.20. The lowest BCUT2D eigenvalue weighted by Crippen LogP contribution is -2.60. The van der Waals surface area contributed by atoms with Crippen molar-refractivity contribution in [2.75, 3.05) is 0 Å². The highest BCUT2D eigenvalue weighted by Crippen LogP contribution is 2.39. The fraction of sp³-hybridized carbons (Fsp3) is 0.500. The molecule has 0 radical (unpaired) electrons. The van der Waals surface area contributed by atoms with Gasteiger partial charge in [0.15, 0.2) is 6.04 Å². The Morgan fingerprint density at radius 1 is 1.77 bits per heavy atom. The topological polar surface area (TPSA) is 57.6 Å². The normalized spacial score (nSPS) is 31.9. The number of aliphatic carboxylic acids is 1. The van der Waals surface area contributed by atoms with Gasteiger partial charge < -0.3 is 10.0 Å². The van der Waals surface area contributed by atoms with Gasteiger partial charge in [0.25, 0.3) is 0 Å². The Kier molecular flexibility index (Phi) is 1.83. The van der Waals surface area contributed by atoms with Crippen LogP contribution in [0.3, 0.4) is 0 Å². The number of rotatable bonds is 1. The molecule has 4 nitrogen and oxygen atoms in total. The van der Waals surface area contributed by atoms with Gasteiger partial charge in [-0.1, -0.05) is 0 Å². The molecular formula is C8H9NO3S. The first-order chi connectivity index (χ1) is 6.11. The summed E-state index contributed by atoms with van der Waals surface area (Å²) in [6, 6.07) is -0.729. The van der Waals surface area contributed by atoms with Crippen molar-refractivity contribution < 1.29 is 14.7 Å². The van der Waals surface area contributed by atoms with Crippen molar-refractivity contribution in [3.8, 4) is 0 Å². The van der Waals surface area contributed by atoms with Crippen LogP contribution in [0.15, 0.2) is 11.0 Å². The minimum absolute atomic E-state index is 0.0531. The van der Waals surface area contributed by atoms with E-state index in [1.165, 1.54) is 16.7 Å². The monoisotopic (exact) mass is 199 g/mol. The number of carboxylic acid groups (broad SMARTS) is 1. The fourth-order valence-electron chi connectivity index (χ4n) is 1.61. The van der Waals surface area contributed by atoms with Gasteiger partial charge >= 0.3 is 5.97 Å². The molecule has 70 valence electrons. The molecule has 0 aromatic rings. The summed E-state index contributed by atoms with van der Waals surface area (Å²) in [5.74, 6) is -0.996. The Balaban J connectivity index is 2.30. The van der Waals surface area contributed by atoms with Crippen LogP contribution < -0.4 is 0 Å². The van der Waals surface area contributed by atoms with E-state index in [2.05, 4.69) is 0 Å². The van der Waals surface area contributed by atoms with E-state index < -0.39 is 12.0 Å². The smallest absolute Gasteiger partial charge is 0.330 e. The average Bonchev–Trinajstić information content (AvgIpc) is 2.05. The number of nitrogens with zero attached hydrogens (tertiary/aromatic N) is 1. The molecule has 0 spiro atoms. The van der Waals surface area contributed by atoms with Crippen LogP contribution >= 0.6 is 11.8 Å². The molecule has 2 aliphatic heterocycles. The number of fused-ring (bicyclic) bond motifs is 1. The van der Waals surface area contributed by atoms with Crippen LogP contribution in [-0.2, 0) is 9.59 Å². The minimum Gasteiger partial charge on any atom is -0.479 e. The predicted octanol–water partition coefficient (Wildman–Crippen LogP) is 0.649. The van der Waals surface area contributed by atoms with Crippen LogP contribution in [0.1, 0.15) is 13.3 Å². The third-order valence-electron chi connectivity index (χ3n) is 2.30. The lowest BCUT2D eigenvalue weighted by molar-refractivity contribution is -0.156. The summed E-state index contributed by atoms with van der Waals surface area (Å²) in [5, 5.41) is 10.8. The Labute approximate surface area is 79.6 Å². The largest absolute Gasteiger partial charge is 0.479 e. The number of hydrogen-bond donors (Lipinski definition) is 1. The molecular weight excluding hydrogens is 190 g/mol. The van der Waals surface area contributed by atoms with E-state index >= 15 is 0 Å². The SMILES string of the molecule is CC1=CS[C@@H]2CC(=O)N2C1C(=O)O. The standard InChI is InChI=1S/C8H9NO3S/c1-4-3-13-6-2-5(10)9(6)7(4)8(11)12/h3,6-7H,2H2,1H3,(H,11,12)/t6-,7?/m1/s1. The Morgan fingerprint density at radius 3 is 2.92 bits per heavy atom. The van der Waals surface area contributed by atoms with Gasteiger partial charge in [-0.05, 0) is 17.9 Å². The van der Waals surface area contributed by atoms with Crippen molar-refractivity contribution in [2.45, 2.75) is 24.8 Å². The molecule has 0 aliphatic carbocycles. The third kappa shape index (κ3) is 1.14. The van der Waals surface area contributed by atoms with Crippen LogP contribution in [0, 0.1) is 0 Å². The number of β-lactam (4-membered cyclic amide) rings is 1.